The zero-order chi connectivity index (χ0) is 19.2. The molecule has 6 heteroatoms. The Morgan fingerprint density at radius 3 is 2.82 bits per heavy atom. The molecule has 1 atom stereocenters. The van der Waals surface area contributed by atoms with E-state index < -0.39 is 0 Å². The van der Waals surface area contributed by atoms with Crippen LogP contribution in [0.5, 0.6) is 0 Å². The molecular weight excluding hydrogens is 350 g/mol. The largest absolute Gasteiger partial charge is 0.381 e. The molecule has 4 heterocycles. The number of aliphatic imine (C=N–C) groups is 1. The zero-order valence-electron chi connectivity index (χ0n) is 17.3. The van der Waals surface area contributed by atoms with E-state index in [-0.39, 0.29) is 0 Å². The lowest BCUT2D eigenvalue weighted by Crippen LogP contribution is -2.41. The highest BCUT2D eigenvalue weighted by Gasteiger charge is 2.42. The normalized spacial score (nSPS) is 26.1. The molecule has 0 radical (unpaired) electrons. The van der Waals surface area contributed by atoms with Crippen LogP contribution in [-0.4, -0.2) is 61.8 Å². The van der Waals surface area contributed by atoms with Crippen molar-refractivity contribution in [3.05, 3.63) is 23.9 Å². The smallest absolute Gasteiger partial charge is 0.194 e. The van der Waals surface area contributed by atoms with Crippen LogP contribution in [0.4, 0.5) is 5.82 Å². The summed E-state index contributed by atoms with van der Waals surface area (Å²) < 4.78 is 5.68. The summed E-state index contributed by atoms with van der Waals surface area (Å²) in [4.78, 5) is 14.5. The highest BCUT2D eigenvalue weighted by atomic mass is 16.5. The summed E-state index contributed by atoms with van der Waals surface area (Å²) in [5, 5.41) is 3.50. The number of hydrogen-bond acceptors (Lipinski definition) is 4. The lowest BCUT2D eigenvalue weighted by atomic mass is 9.87. The Bertz CT molecular complexity index is 663. The van der Waals surface area contributed by atoms with E-state index in [0.29, 0.717) is 12.0 Å². The van der Waals surface area contributed by atoms with Gasteiger partial charge in [0.15, 0.2) is 5.96 Å². The van der Waals surface area contributed by atoms with Crippen molar-refractivity contribution in [3.63, 3.8) is 0 Å². The maximum absolute atomic E-state index is 5.68. The Kier molecular flexibility index (Phi) is 6.35. The molecule has 1 aromatic heterocycles. The fourth-order valence-corrected chi connectivity index (χ4v) is 4.71. The molecule has 1 unspecified atom stereocenters. The van der Waals surface area contributed by atoms with Crippen molar-refractivity contribution in [2.24, 2.45) is 10.4 Å². The van der Waals surface area contributed by atoms with Gasteiger partial charge in [0.25, 0.3) is 0 Å². The quantitative estimate of drug-likeness (QED) is 0.638. The summed E-state index contributed by atoms with van der Waals surface area (Å²) in [6.45, 7) is 9.95. The van der Waals surface area contributed by atoms with Gasteiger partial charge in [-0.15, -0.1) is 0 Å². The summed E-state index contributed by atoms with van der Waals surface area (Å²) >= 11 is 0. The van der Waals surface area contributed by atoms with Crippen molar-refractivity contribution < 1.29 is 4.74 Å². The summed E-state index contributed by atoms with van der Waals surface area (Å²) in [5.41, 5.74) is 1.59. The fraction of sp³-hybridized carbons (Fsp3) is 0.727. The maximum atomic E-state index is 5.68. The molecule has 0 aliphatic carbocycles. The van der Waals surface area contributed by atoms with E-state index in [1.165, 1.54) is 44.1 Å². The van der Waals surface area contributed by atoms with Crippen LogP contribution < -0.4 is 10.2 Å². The van der Waals surface area contributed by atoms with Crippen LogP contribution in [0.15, 0.2) is 23.3 Å². The summed E-state index contributed by atoms with van der Waals surface area (Å²) in [6, 6.07) is 4.33. The highest BCUT2D eigenvalue weighted by molar-refractivity contribution is 5.80. The highest BCUT2D eigenvalue weighted by Crippen LogP contribution is 2.38. The third-order valence-corrected chi connectivity index (χ3v) is 6.41. The van der Waals surface area contributed by atoms with Crippen LogP contribution in [0.1, 0.15) is 51.0 Å². The molecule has 1 N–H and O–H groups in total. The second-order valence-corrected chi connectivity index (χ2v) is 8.57. The average molecular weight is 386 g/mol. The average Bonchev–Trinajstić information content (AvgIpc) is 3.26. The van der Waals surface area contributed by atoms with Gasteiger partial charge in [-0.05, 0) is 50.3 Å². The summed E-state index contributed by atoms with van der Waals surface area (Å²) in [5.74, 6) is 2.15. The first-order valence-corrected chi connectivity index (χ1v) is 11.1. The number of nitrogens with zero attached hydrogens (tertiary/aromatic N) is 4. The SMILES string of the molecule is CCNC(=NCc1ccnc(N2CCCCCC2)c1)N1CCC2(CCOC2)C1. The second-order valence-electron chi connectivity index (χ2n) is 8.57. The number of hydrogen-bond donors (Lipinski definition) is 1. The van der Waals surface area contributed by atoms with Gasteiger partial charge < -0.3 is 19.9 Å². The number of rotatable bonds is 4. The molecule has 0 aromatic carbocycles. The number of likely N-dealkylation sites (tertiary alicyclic amines) is 1. The van der Waals surface area contributed by atoms with Crippen molar-refractivity contribution in [2.45, 2.75) is 52.0 Å². The number of guanidine groups is 1. The predicted octanol–water partition coefficient (Wildman–Crippen LogP) is 3.04. The Balaban J connectivity index is 1.43. The van der Waals surface area contributed by atoms with E-state index in [4.69, 9.17) is 9.73 Å². The van der Waals surface area contributed by atoms with E-state index in [1.807, 2.05) is 6.20 Å². The Labute approximate surface area is 169 Å². The molecule has 3 fully saturated rings. The maximum Gasteiger partial charge on any atom is 0.194 e. The molecule has 1 aromatic rings. The van der Waals surface area contributed by atoms with Crippen LogP contribution >= 0.6 is 0 Å². The minimum atomic E-state index is 0.354. The monoisotopic (exact) mass is 385 g/mol. The molecule has 1 spiro atoms. The molecule has 3 saturated heterocycles. The van der Waals surface area contributed by atoms with E-state index in [1.54, 1.807) is 0 Å². The summed E-state index contributed by atoms with van der Waals surface area (Å²) in [6.07, 6.45) is 9.57. The third kappa shape index (κ3) is 4.59. The molecule has 154 valence electrons. The van der Waals surface area contributed by atoms with Gasteiger partial charge in [0.1, 0.15) is 5.82 Å². The van der Waals surface area contributed by atoms with Crippen molar-refractivity contribution in [3.8, 4) is 0 Å². The van der Waals surface area contributed by atoms with Gasteiger partial charge in [0.05, 0.1) is 13.2 Å². The summed E-state index contributed by atoms with van der Waals surface area (Å²) in [7, 11) is 0. The van der Waals surface area contributed by atoms with Crippen molar-refractivity contribution >= 4 is 11.8 Å². The van der Waals surface area contributed by atoms with Crippen LogP contribution in [-0.2, 0) is 11.3 Å². The van der Waals surface area contributed by atoms with Gasteiger partial charge in [0, 0.05) is 50.9 Å². The first-order chi connectivity index (χ1) is 13.8. The lowest BCUT2D eigenvalue weighted by Gasteiger charge is -2.25. The van der Waals surface area contributed by atoms with Gasteiger partial charge in [-0.25, -0.2) is 9.98 Å². The van der Waals surface area contributed by atoms with E-state index in [2.05, 4.69) is 39.2 Å². The number of nitrogens with one attached hydrogen (secondary N) is 1. The lowest BCUT2D eigenvalue weighted by molar-refractivity contribution is 0.156. The minimum Gasteiger partial charge on any atom is -0.381 e. The van der Waals surface area contributed by atoms with Gasteiger partial charge in [-0.2, -0.15) is 0 Å². The number of ether oxygens (including phenoxy) is 1. The van der Waals surface area contributed by atoms with E-state index in [9.17, 15) is 0 Å². The molecular formula is C22H35N5O. The van der Waals surface area contributed by atoms with Crippen molar-refractivity contribution in [1.82, 2.24) is 15.2 Å². The zero-order valence-corrected chi connectivity index (χ0v) is 17.3. The molecule has 3 aliphatic rings. The molecule has 6 nitrogen and oxygen atoms in total. The van der Waals surface area contributed by atoms with E-state index >= 15 is 0 Å². The number of anilines is 1. The second kappa shape index (κ2) is 9.12. The Hall–Kier alpha value is -1.82. The van der Waals surface area contributed by atoms with Crippen molar-refractivity contribution in [2.75, 3.05) is 50.8 Å². The fourth-order valence-electron chi connectivity index (χ4n) is 4.71. The molecule has 28 heavy (non-hydrogen) atoms. The number of aromatic nitrogens is 1. The number of pyridine rings is 1. The van der Waals surface area contributed by atoms with Crippen molar-refractivity contribution in [1.29, 1.82) is 0 Å². The van der Waals surface area contributed by atoms with Gasteiger partial charge in [0.2, 0.25) is 0 Å². The van der Waals surface area contributed by atoms with Gasteiger partial charge in [-0.3, -0.25) is 0 Å². The standard InChI is InChI=1S/C22H35N5O/c1-2-23-21(27-13-8-22(17-27)9-14-28-18-22)25-16-19-7-10-24-20(15-19)26-11-5-3-4-6-12-26/h7,10,15H,2-6,8-9,11-14,16-18H2,1H3,(H,23,25). The Morgan fingerprint density at radius 2 is 2.07 bits per heavy atom. The van der Waals surface area contributed by atoms with E-state index in [0.717, 1.165) is 57.7 Å². The van der Waals surface area contributed by atoms with Gasteiger partial charge in [-0.1, -0.05) is 12.8 Å². The molecule has 0 amide bonds. The topological polar surface area (TPSA) is 53.0 Å². The first-order valence-electron chi connectivity index (χ1n) is 11.1. The Morgan fingerprint density at radius 1 is 1.21 bits per heavy atom. The van der Waals surface area contributed by atoms with Gasteiger partial charge >= 0.3 is 0 Å². The predicted molar refractivity (Wildman–Crippen MR) is 114 cm³/mol. The molecule has 3 aliphatic heterocycles. The molecule has 0 saturated carbocycles. The van der Waals surface area contributed by atoms with Crippen LogP contribution in [0.25, 0.3) is 0 Å². The third-order valence-electron chi connectivity index (χ3n) is 6.41. The first kappa shape index (κ1) is 19.5. The van der Waals surface area contributed by atoms with Crippen LogP contribution in [0, 0.1) is 5.41 Å². The van der Waals surface area contributed by atoms with Crippen LogP contribution in [0.3, 0.4) is 0 Å². The molecule has 4 rings (SSSR count). The van der Waals surface area contributed by atoms with Crippen LogP contribution in [0.2, 0.25) is 0 Å². The molecule has 0 bridgehead atoms. The minimum absolute atomic E-state index is 0.354.